The third kappa shape index (κ3) is 2.45. The van der Waals surface area contributed by atoms with Gasteiger partial charge in [-0.25, -0.2) is 13.2 Å². The van der Waals surface area contributed by atoms with E-state index in [1.54, 1.807) is 20.9 Å². The molecule has 0 spiro atoms. The van der Waals surface area contributed by atoms with Crippen molar-refractivity contribution in [3.63, 3.8) is 0 Å². The molecule has 0 bridgehead atoms. The van der Waals surface area contributed by atoms with E-state index in [0.29, 0.717) is 0 Å². The fourth-order valence-electron chi connectivity index (χ4n) is 2.03. The van der Waals surface area contributed by atoms with Crippen LogP contribution in [0.1, 0.15) is 13.8 Å². The van der Waals surface area contributed by atoms with Crippen LogP contribution in [0, 0.1) is 0 Å². The quantitative estimate of drug-likeness (QED) is 0.845. The monoisotopic (exact) mass is 282 g/mol. The Bertz CT molecular complexity index is 754. The first-order valence-corrected chi connectivity index (χ1v) is 7.92. The van der Waals surface area contributed by atoms with Gasteiger partial charge in [0.15, 0.2) is 9.84 Å². The van der Waals surface area contributed by atoms with Crippen LogP contribution in [0.5, 0.6) is 0 Å². The maximum absolute atomic E-state index is 12.1. The highest BCUT2D eigenvalue weighted by Crippen LogP contribution is 2.12. The number of nitrogens with zero attached hydrogens (tertiary/aromatic N) is 2. The molecule has 2 aromatic rings. The topological polar surface area (TPSA) is 61.1 Å². The maximum atomic E-state index is 12.1. The van der Waals surface area contributed by atoms with Gasteiger partial charge in [-0.2, -0.15) is 0 Å². The molecule has 0 saturated heterocycles. The minimum atomic E-state index is -3.14. The van der Waals surface area contributed by atoms with E-state index in [4.69, 9.17) is 0 Å². The number of aromatic nitrogens is 2. The zero-order chi connectivity index (χ0) is 14.2. The van der Waals surface area contributed by atoms with E-state index >= 15 is 0 Å². The number of hydrogen-bond donors (Lipinski definition) is 0. The first-order chi connectivity index (χ1) is 8.84. The number of para-hydroxylation sites is 2. The van der Waals surface area contributed by atoms with Gasteiger partial charge in [-0.3, -0.25) is 9.13 Å². The van der Waals surface area contributed by atoms with Gasteiger partial charge in [-0.05, 0) is 26.0 Å². The first kappa shape index (κ1) is 13.9. The predicted octanol–water partition coefficient (Wildman–Crippen LogP) is 1.16. The molecule has 0 amide bonds. The van der Waals surface area contributed by atoms with E-state index in [1.807, 2.05) is 24.3 Å². The summed E-state index contributed by atoms with van der Waals surface area (Å²) in [5, 5.41) is -0.418. The SMILES string of the molecule is CC(C)S(=O)(=O)CCn1c(=O)n(C)c2ccccc21. The molecule has 0 aliphatic carbocycles. The van der Waals surface area contributed by atoms with Gasteiger partial charge in [0.05, 0.1) is 22.0 Å². The van der Waals surface area contributed by atoms with Crippen molar-refractivity contribution in [1.29, 1.82) is 0 Å². The van der Waals surface area contributed by atoms with Crippen LogP contribution in [0.2, 0.25) is 0 Å². The third-order valence-corrected chi connectivity index (χ3v) is 5.56. The molecular formula is C13H18N2O3S. The Morgan fingerprint density at radius 1 is 1.16 bits per heavy atom. The van der Waals surface area contributed by atoms with Crippen molar-refractivity contribution >= 4 is 20.9 Å². The summed E-state index contributed by atoms with van der Waals surface area (Å²) in [6, 6.07) is 7.38. The van der Waals surface area contributed by atoms with Crippen molar-refractivity contribution in [1.82, 2.24) is 9.13 Å². The second-order valence-electron chi connectivity index (χ2n) is 4.90. The van der Waals surface area contributed by atoms with Crippen LogP contribution in [0.25, 0.3) is 11.0 Å². The number of sulfone groups is 1. The summed E-state index contributed by atoms with van der Waals surface area (Å²) in [6.45, 7) is 3.50. The van der Waals surface area contributed by atoms with Crippen LogP contribution in [-0.2, 0) is 23.4 Å². The molecule has 1 aromatic heterocycles. The average Bonchev–Trinajstić information content (AvgIpc) is 2.60. The second kappa shape index (κ2) is 4.85. The van der Waals surface area contributed by atoms with Crippen molar-refractivity contribution in [3.8, 4) is 0 Å². The maximum Gasteiger partial charge on any atom is 0.328 e. The summed E-state index contributed by atoms with van der Waals surface area (Å²) in [6.07, 6.45) is 0. The molecule has 0 unspecified atom stereocenters. The molecule has 0 N–H and O–H groups in total. The van der Waals surface area contributed by atoms with Crippen LogP contribution in [-0.4, -0.2) is 28.6 Å². The van der Waals surface area contributed by atoms with E-state index in [2.05, 4.69) is 0 Å². The molecule has 1 heterocycles. The third-order valence-electron chi connectivity index (χ3n) is 3.37. The molecule has 0 aliphatic rings. The van der Waals surface area contributed by atoms with Crippen LogP contribution in [0.4, 0.5) is 0 Å². The smallest absolute Gasteiger partial charge is 0.295 e. The highest BCUT2D eigenvalue weighted by molar-refractivity contribution is 7.91. The molecule has 1 aromatic carbocycles. The standard InChI is InChI=1S/C13H18N2O3S/c1-10(2)19(17,18)9-8-15-12-7-5-4-6-11(12)14(3)13(15)16/h4-7,10H,8-9H2,1-3H3. The van der Waals surface area contributed by atoms with Crippen LogP contribution in [0.15, 0.2) is 29.1 Å². The normalized spacial score (nSPS) is 12.4. The zero-order valence-electron chi connectivity index (χ0n) is 11.3. The summed E-state index contributed by atoms with van der Waals surface area (Å²) >= 11 is 0. The van der Waals surface area contributed by atoms with Crippen molar-refractivity contribution in [2.75, 3.05) is 5.75 Å². The Morgan fingerprint density at radius 2 is 1.74 bits per heavy atom. The molecule has 0 radical (unpaired) electrons. The fraction of sp³-hybridized carbons (Fsp3) is 0.462. The molecule has 19 heavy (non-hydrogen) atoms. The van der Waals surface area contributed by atoms with Crippen molar-refractivity contribution in [2.45, 2.75) is 25.6 Å². The average molecular weight is 282 g/mol. The molecule has 0 atom stereocenters. The molecule has 104 valence electrons. The zero-order valence-corrected chi connectivity index (χ0v) is 12.1. The van der Waals surface area contributed by atoms with Crippen molar-refractivity contribution < 1.29 is 8.42 Å². The summed E-state index contributed by atoms with van der Waals surface area (Å²) in [5.74, 6) is -0.0153. The van der Waals surface area contributed by atoms with E-state index in [1.165, 1.54) is 9.13 Å². The lowest BCUT2D eigenvalue weighted by Gasteiger charge is -2.08. The van der Waals surface area contributed by atoms with Crippen molar-refractivity contribution in [3.05, 3.63) is 34.7 Å². The fourth-order valence-corrected chi connectivity index (χ4v) is 2.94. The van der Waals surface area contributed by atoms with Gasteiger partial charge in [-0.15, -0.1) is 0 Å². The first-order valence-electron chi connectivity index (χ1n) is 6.20. The minimum absolute atomic E-state index is 0.0153. The Morgan fingerprint density at radius 3 is 2.32 bits per heavy atom. The van der Waals surface area contributed by atoms with E-state index < -0.39 is 15.1 Å². The Kier molecular flexibility index (Phi) is 3.54. The lowest BCUT2D eigenvalue weighted by atomic mass is 10.3. The van der Waals surface area contributed by atoms with Gasteiger partial charge in [0, 0.05) is 13.6 Å². The van der Waals surface area contributed by atoms with Crippen molar-refractivity contribution in [2.24, 2.45) is 7.05 Å². The van der Waals surface area contributed by atoms with Gasteiger partial charge >= 0.3 is 5.69 Å². The molecule has 0 saturated carbocycles. The molecular weight excluding hydrogens is 264 g/mol. The summed E-state index contributed by atoms with van der Waals surface area (Å²) < 4.78 is 26.7. The van der Waals surface area contributed by atoms with Gasteiger partial charge in [0.25, 0.3) is 0 Å². The Balaban J connectivity index is 2.42. The molecule has 0 aliphatic heterocycles. The lowest BCUT2D eigenvalue weighted by molar-refractivity contribution is 0.579. The van der Waals surface area contributed by atoms with E-state index in [9.17, 15) is 13.2 Å². The summed E-state index contributed by atoms with van der Waals surface area (Å²) in [7, 11) is -1.45. The molecule has 0 fully saturated rings. The Hall–Kier alpha value is -1.56. The molecule has 2 rings (SSSR count). The number of aryl methyl sites for hydroxylation is 2. The van der Waals surface area contributed by atoms with Crippen LogP contribution >= 0.6 is 0 Å². The van der Waals surface area contributed by atoms with Gasteiger partial charge in [0.2, 0.25) is 0 Å². The summed E-state index contributed by atoms with van der Waals surface area (Å²) in [4.78, 5) is 12.1. The van der Waals surface area contributed by atoms with Gasteiger partial charge in [0.1, 0.15) is 0 Å². The predicted molar refractivity (Wildman–Crippen MR) is 76.1 cm³/mol. The Labute approximate surface area is 112 Å². The number of rotatable bonds is 4. The van der Waals surface area contributed by atoms with E-state index in [0.717, 1.165) is 11.0 Å². The number of fused-ring (bicyclic) bond motifs is 1. The van der Waals surface area contributed by atoms with Crippen LogP contribution in [0.3, 0.4) is 0 Å². The summed E-state index contributed by atoms with van der Waals surface area (Å²) in [5.41, 5.74) is 1.41. The van der Waals surface area contributed by atoms with Gasteiger partial charge < -0.3 is 0 Å². The van der Waals surface area contributed by atoms with Gasteiger partial charge in [-0.1, -0.05) is 12.1 Å². The molecule has 5 nitrogen and oxygen atoms in total. The molecule has 6 heteroatoms. The lowest BCUT2D eigenvalue weighted by Crippen LogP contribution is -2.27. The number of benzene rings is 1. The number of hydrogen-bond acceptors (Lipinski definition) is 3. The largest absolute Gasteiger partial charge is 0.328 e. The van der Waals surface area contributed by atoms with E-state index in [-0.39, 0.29) is 18.0 Å². The second-order valence-corrected chi connectivity index (χ2v) is 7.57. The highest BCUT2D eigenvalue weighted by atomic mass is 32.2. The highest BCUT2D eigenvalue weighted by Gasteiger charge is 2.18. The minimum Gasteiger partial charge on any atom is -0.295 e. The van der Waals surface area contributed by atoms with Crippen LogP contribution < -0.4 is 5.69 Å². The number of imidazole rings is 1.